The molecule has 1 aromatic heterocycles. The molecule has 0 aliphatic carbocycles. The molecule has 0 bridgehead atoms. The Kier molecular flexibility index (Phi) is 5.54. The molecule has 1 aromatic rings. The van der Waals surface area contributed by atoms with Crippen molar-refractivity contribution in [1.29, 1.82) is 0 Å². The van der Waals surface area contributed by atoms with E-state index in [0.29, 0.717) is 12.1 Å². The number of hydrogen-bond acceptors (Lipinski definition) is 3. The zero-order chi connectivity index (χ0) is 10.8. The fourth-order valence-corrected chi connectivity index (χ4v) is 3.35. The van der Waals surface area contributed by atoms with E-state index in [1.165, 1.54) is 4.88 Å². The van der Waals surface area contributed by atoms with E-state index in [2.05, 4.69) is 29.4 Å². The number of nitrogens with one attached hydrogen (secondary N) is 1. The van der Waals surface area contributed by atoms with Gasteiger partial charge in [0.25, 0.3) is 0 Å². The summed E-state index contributed by atoms with van der Waals surface area (Å²) in [6.07, 6.45) is 0. The number of piperazine rings is 1. The second kappa shape index (κ2) is 6.22. The maximum atomic E-state index is 6.10. The first-order valence-corrected chi connectivity index (χ1v) is 6.61. The summed E-state index contributed by atoms with van der Waals surface area (Å²) >= 11 is 7.85. The number of nitrogens with zero attached hydrogens (tertiary/aromatic N) is 1. The van der Waals surface area contributed by atoms with Crippen LogP contribution in [0.25, 0.3) is 0 Å². The highest BCUT2D eigenvalue weighted by Gasteiger charge is 2.21. The number of hydrogen-bond donors (Lipinski definition) is 1. The molecule has 2 nitrogen and oxygen atoms in total. The molecule has 92 valence electrons. The standard InChI is InChI=1S/C11H17ClN2S.ClH/c1-8-5-14(6-9(2)13-8)7-11-10(12)3-4-15-11;/h3-4,8-9,13H,5-7H2,1-2H3;1H. The lowest BCUT2D eigenvalue weighted by Gasteiger charge is -2.35. The Bertz CT molecular complexity index is 320. The summed E-state index contributed by atoms with van der Waals surface area (Å²) in [5.41, 5.74) is 0. The third-order valence-corrected chi connectivity index (χ3v) is 4.06. The van der Waals surface area contributed by atoms with Crippen LogP contribution in [0.5, 0.6) is 0 Å². The van der Waals surface area contributed by atoms with E-state index in [0.717, 1.165) is 24.7 Å². The summed E-state index contributed by atoms with van der Waals surface area (Å²) in [5.74, 6) is 0. The molecule has 1 fully saturated rings. The van der Waals surface area contributed by atoms with Gasteiger partial charge in [0.15, 0.2) is 0 Å². The molecule has 16 heavy (non-hydrogen) atoms. The molecule has 0 aromatic carbocycles. The molecule has 2 rings (SSSR count). The van der Waals surface area contributed by atoms with Crippen LogP contribution in [0.2, 0.25) is 5.02 Å². The van der Waals surface area contributed by atoms with E-state index in [9.17, 15) is 0 Å². The van der Waals surface area contributed by atoms with Gasteiger partial charge in [-0.25, -0.2) is 0 Å². The second-order valence-electron chi connectivity index (χ2n) is 4.35. The quantitative estimate of drug-likeness (QED) is 0.896. The number of thiophene rings is 1. The van der Waals surface area contributed by atoms with Gasteiger partial charge in [-0.2, -0.15) is 0 Å². The van der Waals surface area contributed by atoms with Crippen molar-refractivity contribution in [2.75, 3.05) is 13.1 Å². The summed E-state index contributed by atoms with van der Waals surface area (Å²) in [7, 11) is 0. The third kappa shape index (κ3) is 3.60. The maximum Gasteiger partial charge on any atom is 0.0558 e. The van der Waals surface area contributed by atoms with E-state index in [1.807, 2.05) is 6.07 Å². The highest BCUT2D eigenvalue weighted by molar-refractivity contribution is 7.10. The molecule has 1 aliphatic rings. The highest BCUT2D eigenvalue weighted by atomic mass is 35.5. The van der Waals surface area contributed by atoms with Crippen LogP contribution in [0.4, 0.5) is 0 Å². The summed E-state index contributed by atoms with van der Waals surface area (Å²) in [6, 6.07) is 3.14. The van der Waals surface area contributed by atoms with Gasteiger partial charge < -0.3 is 5.32 Å². The van der Waals surface area contributed by atoms with Crippen LogP contribution in [0, 0.1) is 0 Å². The van der Waals surface area contributed by atoms with Crippen LogP contribution < -0.4 is 5.32 Å². The van der Waals surface area contributed by atoms with Crippen molar-refractivity contribution in [3.63, 3.8) is 0 Å². The smallest absolute Gasteiger partial charge is 0.0558 e. The Hall–Kier alpha value is 0.200. The molecular weight excluding hydrogens is 263 g/mol. The van der Waals surface area contributed by atoms with Gasteiger partial charge in [-0.15, -0.1) is 23.7 Å². The molecule has 2 unspecified atom stereocenters. The van der Waals surface area contributed by atoms with Crippen LogP contribution in [-0.4, -0.2) is 30.1 Å². The van der Waals surface area contributed by atoms with Crippen LogP contribution in [0.3, 0.4) is 0 Å². The third-order valence-electron chi connectivity index (χ3n) is 2.69. The molecule has 0 spiro atoms. The van der Waals surface area contributed by atoms with E-state index >= 15 is 0 Å². The van der Waals surface area contributed by atoms with Gasteiger partial charge in [0.2, 0.25) is 0 Å². The first kappa shape index (κ1) is 14.3. The first-order chi connectivity index (χ1) is 7.15. The average Bonchev–Trinajstić information content (AvgIpc) is 2.50. The summed E-state index contributed by atoms with van der Waals surface area (Å²) < 4.78 is 0. The molecule has 0 radical (unpaired) electrons. The lowest BCUT2D eigenvalue weighted by Crippen LogP contribution is -2.53. The summed E-state index contributed by atoms with van der Waals surface area (Å²) in [5, 5.41) is 6.51. The Balaban J connectivity index is 0.00000128. The van der Waals surface area contributed by atoms with E-state index in [4.69, 9.17) is 11.6 Å². The van der Waals surface area contributed by atoms with E-state index < -0.39 is 0 Å². The number of halogens is 2. The molecule has 1 N–H and O–H groups in total. The van der Waals surface area contributed by atoms with Crippen LogP contribution in [0.15, 0.2) is 11.4 Å². The minimum Gasteiger partial charge on any atom is -0.309 e. The van der Waals surface area contributed by atoms with Gasteiger partial charge in [-0.05, 0) is 25.3 Å². The van der Waals surface area contributed by atoms with Crippen molar-refractivity contribution in [1.82, 2.24) is 10.2 Å². The van der Waals surface area contributed by atoms with Crippen molar-refractivity contribution < 1.29 is 0 Å². The monoisotopic (exact) mass is 280 g/mol. The van der Waals surface area contributed by atoms with Crippen molar-refractivity contribution in [3.8, 4) is 0 Å². The molecule has 1 aliphatic heterocycles. The SMILES string of the molecule is CC1CN(Cc2sccc2Cl)CC(C)N1.Cl. The Labute approximate surface area is 112 Å². The normalized spacial score (nSPS) is 26.4. The highest BCUT2D eigenvalue weighted by Crippen LogP contribution is 2.24. The molecule has 1 saturated heterocycles. The Morgan fingerprint density at radius 2 is 2.06 bits per heavy atom. The minimum atomic E-state index is 0. The van der Waals surface area contributed by atoms with Gasteiger partial charge in [0, 0.05) is 36.6 Å². The minimum absolute atomic E-state index is 0. The molecule has 5 heteroatoms. The van der Waals surface area contributed by atoms with Crippen molar-refractivity contribution in [2.24, 2.45) is 0 Å². The van der Waals surface area contributed by atoms with Crippen LogP contribution >= 0.6 is 35.3 Å². The fraction of sp³-hybridized carbons (Fsp3) is 0.636. The molecule has 0 amide bonds. The lowest BCUT2D eigenvalue weighted by atomic mass is 10.1. The van der Waals surface area contributed by atoms with Gasteiger partial charge in [0.1, 0.15) is 0 Å². The molecule has 0 saturated carbocycles. The maximum absolute atomic E-state index is 6.10. The molecule has 2 atom stereocenters. The van der Waals surface area contributed by atoms with E-state index in [1.54, 1.807) is 11.3 Å². The van der Waals surface area contributed by atoms with Crippen LogP contribution in [-0.2, 0) is 6.54 Å². The summed E-state index contributed by atoms with van der Waals surface area (Å²) in [6.45, 7) is 7.68. The topological polar surface area (TPSA) is 15.3 Å². The average molecular weight is 281 g/mol. The van der Waals surface area contributed by atoms with Gasteiger partial charge >= 0.3 is 0 Å². The zero-order valence-corrected chi connectivity index (χ0v) is 12.0. The lowest BCUT2D eigenvalue weighted by molar-refractivity contribution is 0.168. The second-order valence-corrected chi connectivity index (χ2v) is 5.76. The predicted molar refractivity (Wildman–Crippen MR) is 73.9 cm³/mol. The van der Waals surface area contributed by atoms with Crippen molar-refractivity contribution in [3.05, 3.63) is 21.3 Å². The van der Waals surface area contributed by atoms with Gasteiger partial charge in [-0.1, -0.05) is 11.6 Å². The van der Waals surface area contributed by atoms with Crippen LogP contribution in [0.1, 0.15) is 18.7 Å². The Morgan fingerprint density at radius 1 is 1.44 bits per heavy atom. The number of rotatable bonds is 2. The zero-order valence-electron chi connectivity index (χ0n) is 9.57. The van der Waals surface area contributed by atoms with Crippen molar-refractivity contribution in [2.45, 2.75) is 32.5 Å². The largest absolute Gasteiger partial charge is 0.309 e. The molecule has 2 heterocycles. The summed E-state index contributed by atoms with van der Waals surface area (Å²) in [4.78, 5) is 3.77. The molecular formula is C11H18Cl2N2S. The van der Waals surface area contributed by atoms with Gasteiger partial charge in [0.05, 0.1) is 5.02 Å². The fourth-order valence-electron chi connectivity index (χ4n) is 2.21. The van der Waals surface area contributed by atoms with Crippen molar-refractivity contribution >= 4 is 35.3 Å². The predicted octanol–water partition coefficient (Wildman–Crippen LogP) is 3.01. The van der Waals surface area contributed by atoms with E-state index in [-0.39, 0.29) is 12.4 Å². The first-order valence-electron chi connectivity index (χ1n) is 5.35. The Morgan fingerprint density at radius 3 is 2.56 bits per heavy atom. The van der Waals surface area contributed by atoms with Gasteiger partial charge in [-0.3, -0.25) is 4.90 Å².